The minimum absolute atomic E-state index is 0. The summed E-state index contributed by atoms with van der Waals surface area (Å²) in [6.07, 6.45) is 5.17. The summed E-state index contributed by atoms with van der Waals surface area (Å²) in [6, 6.07) is 2.10. The first-order chi connectivity index (χ1) is 12.7. The SMILES string of the molecule is Cc1nc(CCNC(=O)CCc2cc3n(n2)CCNC3)nc2c1CCC2.Cl. The zero-order valence-corrected chi connectivity index (χ0v) is 16.6. The molecule has 0 saturated carbocycles. The molecule has 0 radical (unpaired) electrons. The van der Waals surface area contributed by atoms with Crippen molar-refractivity contribution in [1.82, 2.24) is 30.4 Å². The molecular weight excluding hydrogens is 364 g/mol. The Morgan fingerprint density at radius 3 is 3.04 bits per heavy atom. The Kier molecular flexibility index (Phi) is 6.44. The van der Waals surface area contributed by atoms with Gasteiger partial charge in [-0.05, 0) is 37.8 Å². The van der Waals surface area contributed by atoms with Gasteiger partial charge in [0.25, 0.3) is 0 Å². The summed E-state index contributed by atoms with van der Waals surface area (Å²) in [6.45, 7) is 5.37. The van der Waals surface area contributed by atoms with E-state index in [4.69, 9.17) is 0 Å². The Hall–Kier alpha value is -1.99. The summed E-state index contributed by atoms with van der Waals surface area (Å²) < 4.78 is 2.04. The third-order valence-electron chi connectivity index (χ3n) is 5.19. The van der Waals surface area contributed by atoms with Crippen molar-refractivity contribution >= 4 is 18.3 Å². The van der Waals surface area contributed by atoms with E-state index in [2.05, 4.69) is 38.7 Å². The molecule has 2 aromatic heterocycles. The van der Waals surface area contributed by atoms with E-state index in [-0.39, 0.29) is 18.3 Å². The molecule has 0 spiro atoms. The molecule has 2 aromatic rings. The molecule has 7 nitrogen and oxygen atoms in total. The van der Waals surface area contributed by atoms with Crippen LogP contribution in [0.3, 0.4) is 0 Å². The van der Waals surface area contributed by atoms with Crippen molar-refractivity contribution in [3.05, 3.63) is 40.2 Å². The van der Waals surface area contributed by atoms with E-state index in [0.717, 1.165) is 49.7 Å². The summed E-state index contributed by atoms with van der Waals surface area (Å²) in [5.41, 5.74) is 5.84. The van der Waals surface area contributed by atoms with E-state index in [1.807, 2.05) is 4.68 Å². The van der Waals surface area contributed by atoms with Gasteiger partial charge in [0, 0.05) is 50.3 Å². The largest absolute Gasteiger partial charge is 0.356 e. The molecule has 1 amide bonds. The zero-order chi connectivity index (χ0) is 17.9. The van der Waals surface area contributed by atoms with Crippen LogP contribution in [0, 0.1) is 6.92 Å². The molecule has 0 unspecified atom stereocenters. The summed E-state index contributed by atoms with van der Waals surface area (Å²) in [7, 11) is 0. The number of hydrogen-bond acceptors (Lipinski definition) is 5. The molecule has 2 N–H and O–H groups in total. The van der Waals surface area contributed by atoms with Crippen LogP contribution in [-0.4, -0.2) is 38.7 Å². The number of aromatic nitrogens is 4. The second-order valence-corrected chi connectivity index (χ2v) is 7.13. The third kappa shape index (κ3) is 4.65. The zero-order valence-electron chi connectivity index (χ0n) is 15.8. The van der Waals surface area contributed by atoms with Crippen molar-refractivity contribution in [1.29, 1.82) is 0 Å². The Morgan fingerprint density at radius 2 is 2.19 bits per heavy atom. The highest BCUT2D eigenvalue weighted by molar-refractivity contribution is 5.85. The van der Waals surface area contributed by atoms with E-state index >= 15 is 0 Å². The highest BCUT2D eigenvalue weighted by atomic mass is 35.5. The second kappa shape index (κ2) is 8.80. The summed E-state index contributed by atoms with van der Waals surface area (Å²) in [4.78, 5) is 21.4. The Morgan fingerprint density at radius 1 is 1.30 bits per heavy atom. The minimum atomic E-state index is 0. The normalized spacial score (nSPS) is 15.0. The van der Waals surface area contributed by atoms with Gasteiger partial charge in [0.1, 0.15) is 5.82 Å². The first kappa shape index (κ1) is 19.8. The molecule has 0 bridgehead atoms. The van der Waals surface area contributed by atoms with Gasteiger partial charge in [0.15, 0.2) is 0 Å². The van der Waals surface area contributed by atoms with Crippen LogP contribution >= 0.6 is 12.4 Å². The highest BCUT2D eigenvalue weighted by Crippen LogP contribution is 2.22. The highest BCUT2D eigenvalue weighted by Gasteiger charge is 2.17. The minimum Gasteiger partial charge on any atom is -0.356 e. The average Bonchev–Trinajstić information content (AvgIpc) is 3.26. The monoisotopic (exact) mass is 390 g/mol. The van der Waals surface area contributed by atoms with Gasteiger partial charge >= 0.3 is 0 Å². The van der Waals surface area contributed by atoms with Gasteiger partial charge in [0.05, 0.1) is 17.9 Å². The number of carbonyl (C=O) groups is 1. The van der Waals surface area contributed by atoms with Crippen molar-refractivity contribution in [3.63, 3.8) is 0 Å². The van der Waals surface area contributed by atoms with Gasteiger partial charge in [0.2, 0.25) is 5.91 Å². The lowest BCUT2D eigenvalue weighted by molar-refractivity contribution is -0.121. The number of halogens is 1. The first-order valence-electron chi connectivity index (χ1n) is 9.57. The lowest BCUT2D eigenvalue weighted by Crippen LogP contribution is -2.28. The van der Waals surface area contributed by atoms with Gasteiger partial charge in [-0.3, -0.25) is 9.48 Å². The Labute approximate surface area is 165 Å². The number of carbonyl (C=O) groups excluding carboxylic acids is 1. The molecule has 8 heteroatoms. The maximum Gasteiger partial charge on any atom is 0.220 e. The van der Waals surface area contributed by atoms with E-state index in [9.17, 15) is 4.79 Å². The van der Waals surface area contributed by atoms with E-state index < -0.39 is 0 Å². The van der Waals surface area contributed by atoms with Gasteiger partial charge in [-0.1, -0.05) is 0 Å². The van der Waals surface area contributed by atoms with Crippen molar-refractivity contribution < 1.29 is 4.79 Å². The predicted octanol–water partition coefficient (Wildman–Crippen LogP) is 1.29. The van der Waals surface area contributed by atoms with Crippen LogP contribution in [0.2, 0.25) is 0 Å². The van der Waals surface area contributed by atoms with Crippen molar-refractivity contribution in [2.45, 2.75) is 58.5 Å². The number of fused-ring (bicyclic) bond motifs is 2. The van der Waals surface area contributed by atoms with Crippen molar-refractivity contribution in [2.24, 2.45) is 0 Å². The van der Waals surface area contributed by atoms with Gasteiger partial charge in [-0.2, -0.15) is 5.10 Å². The third-order valence-corrected chi connectivity index (χ3v) is 5.19. The van der Waals surface area contributed by atoms with Gasteiger partial charge < -0.3 is 10.6 Å². The average molecular weight is 391 g/mol. The van der Waals surface area contributed by atoms with Crippen LogP contribution in [0.4, 0.5) is 0 Å². The van der Waals surface area contributed by atoms with Crippen molar-refractivity contribution in [3.8, 4) is 0 Å². The molecule has 0 fully saturated rings. The second-order valence-electron chi connectivity index (χ2n) is 7.13. The maximum absolute atomic E-state index is 12.1. The predicted molar refractivity (Wildman–Crippen MR) is 105 cm³/mol. The van der Waals surface area contributed by atoms with Crippen LogP contribution < -0.4 is 10.6 Å². The summed E-state index contributed by atoms with van der Waals surface area (Å²) >= 11 is 0. The molecule has 0 aromatic carbocycles. The molecule has 146 valence electrons. The quantitative estimate of drug-likeness (QED) is 0.776. The summed E-state index contributed by atoms with van der Waals surface area (Å²) in [5.74, 6) is 0.907. The fraction of sp³-hybridized carbons (Fsp3) is 0.579. The van der Waals surface area contributed by atoms with Crippen LogP contribution in [0.1, 0.15) is 47.0 Å². The number of rotatable bonds is 6. The molecule has 0 atom stereocenters. The number of hydrogen-bond donors (Lipinski definition) is 2. The molecule has 27 heavy (non-hydrogen) atoms. The number of nitrogens with one attached hydrogen (secondary N) is 2. The smallest absolute Gasteiger partial charge is 0.220 e. The molecule has 1 aliphatic heterocycles. The van der Waals surface area contributed by atoms with Crippen LogP contribution in [0.15, 0.2) is 6.07 Å². The summed E-state index contributed by atoms with van der Waals surface area (Å²) in [5, 5.41) is 10.9. The van der Waals surface area contributed by atoms with E-state index in [1.54, 1.807) is 0 Å². The lowest BCUT2D eigenvalue weighted by atomic mass is 10.2. The number of nitrogens with zero attached hydrogens (tertiary/aromatic N) is 4. The van der Waals surface area contributed by atoms with Gasteiger partial charge in [-0.25, -0.2) is 9.97 Å². The Bertz CT molecular complexity index is 795. The number of amides is 1. The van der Waals surface area contributed by atoms with Crippen LogP contribution in [0.5, 0.6) is 0 Å². The Balaban J connectivity index is 0.00000210. The first-order valence-corrected chi connectivity index (χ1v) is 9.57. The van der Waals surface area contributed by atoms with Crippen LogP contribution in [-0.2, 0) is 43.6 Å². The topological polar surface area (TPSA) is 84.7 Å². The molecule has 3 heterocycles. The van der Waals surface area contributed by atoms with E-state index in [1.165, 1.54) is 23.4 Å². The molecule has 4 rings (SSSR count). The van der Waals surface area contributed by atoms with E-state index in [0.29, 0.717) is 25.8 Å². The number of aryl methyl sites for hydroxylation is 3. The molecule has 0 saturated heterocycles. The maximum atomic E-state index is 12.1. The fourth-order valence-electron chi connectivity index (χ4n) is 3.81. The fourth-order valence-corrected chi connectivity index (χ4v) is 3.81. The lowest BCUT2D eigenvalue weighted by Gasteiger charge is -2.13. The molecular formula is C19H27ClN6O. The standard InChI is InChI=1S/C19H26N6O.ClH/c1-13-16-3-2-4-17(16)23-18(22-13)7-8-21-19(26)6-5-14-11-15-12-20-9-10-25(15)24-14;/h11,20H,2-10,12H2,1H3,(H,21,26);1H. The molecule has 2 aliphatic rings. The molecule has 1 aliphatic carbocycles. The van der Waals surface area contributed by atoms with Crippen molar-refractivity contribution in [2.75, 3.05) is 13.1 Å². The van der Waals surface area contributed by atoms with Gasteiger partial charge in [-0.15, -0.1) is 12.4 Å². The van der Waals surface area contributed by atoms with Crippen LogP contribution in [0.25, 0.3) is 0 Å².